The minimum Gasteiger partial charge on any atom is -0.391 e. The van der Waals surface area contributed by atoms with E-state index < -0.39 is 0 Å². The second-order valence-corrected chi connectivity index (χ2v) is 7.27. The van der Waals surface area contributed by atoms with Crippen LogP contribution in [0.2, 0.25) is 5.15 Å². The molecule has 6 heteroatoms. The Hall–Kier alpha value is -0.360. The average molecular weight is 291 g/mol. The normalized spacial score (nSPS) is 22.2. The highest BCUT2D eigenvalue weighted by Crippen LogP contribution is 2.35. The number of aliphatic hydroxyl groups excluding tert-OH is 1. The van der Waals surface area contributed by atoms with Gasteiger partial charge in [0.15, 0.2) is 5.13 Å². The van der Waals surface area contributed by atoms with Gasteiger partial charge < -0.3 is 14.7 Å². The fourth-order valence-corrected chi connectivity index (χ4v) is 3.59. The molecule has 1 saturated heterocycles. The van der Waals surface area contributed by atoms with E-state index in [1.807, 2.05) is 0 Å². The largest absolute Gasteiger partial charge is 0.391 e. The number of nitrogens with zero attached hydrogens (tertiary/aromatic N) is 2. The molecule has 0 atom stereocenters. The first-order valence-corrected chi connectivity index (χ1v) is 7.13. The van der Waals surface area contributed by atoms with Gasteiger partial charge in [-0.15, -0.1) is 0 Å². The molecule has 0 aliphatic carbocycles. The Bertz CT molecular complexity index is 429. The zero-order valence-electron chi connectivity index (χ0n) is 11.2. The molecular weight excluding hydrogens is 272 g/mol. The topological polar surface area (TPSA) is 45.6 Å². The van der Waals surface area contributed by atoms with Gasteiger partial charge in [-0.1, -0.05) is 22.9 Å². The summed E-state index contributed by atoms with van der Waals surface area (Å²) in [6.45, 7) is 9.77. The molecule has 2 heterocycles. The molecule has 1 aromatic heterocycles. The third-order valence-electron chi connectivity index (χ3n) is 2.75. The lowest BCUT2D eigenvalue weighted by Crippen LogP contribution is -2.57. The zero-order chi connectivity index (χ0) is 13.6. The Kier molecular flexibility index (Phi) is 3.62. The summed E-state index contributed by atoms with van der Waals surface area (Å²) in [5.74, 6) is 0. The number of morpholine rings is 1. The third kappa shape index (κ3) is 2.96. The van der Waals surface area contributed by atoms with E-state index in [0.717, 1.165) is 18.2 Å². The Labute approximate surface area is 117 Å². The fraction of sp³-hybridized carbons (Fsp3) is 0.750. The molecule has 0 saturated carbocycles. The van der Waals surface area contributed by atoms with E-state index in [1.54, 1.807) is 0 Å². The van der Waals surface area contributed by atoms with Crippen molar-refractivity contribution in [1.82, 2.24) is 4.98 Å². The molecule has 1 N–H and O–H groups in total. The Balaban J connectivity index is 2.26. The lowest BCUT2D eigenvalue weighted by molar-refractivity contribution is -0.133. The maximum Gasteiger partial charge on any atom is 0.187 e. The number of hydrogen-bond acceptors (Lipinski definition) is 5. The van der Waals surface area contributed by atoms with E-state index in [-0.39, 0.29) is 17.8 Å². The SMILES string of the molecule is CC1(C)CN(c2nc(Cl)c(CO)s2)CC(C)(C)O1. The van der Waals surface area contributed by atoms with Crippen LogP contribution in [0.4, 0.5) is 5.13 Å². The quantitative estimate of drug-likeness (QED) is 0.910. The summed E-state index contributed by atoms with van der Waals surface area (Å²) in [4.78, 5) is 7.23. The number of aliphatic hydroxyl groups is 1. The van der Waals surface area contributed by atoms with E-state index in [9.17, 15) is 5.11 Å². The predicted octanol–water partition coefficient (Wildman–Crippen LogP) is 2.68. The van der Waals surface area contributed by atoms with Gasteiger partial charge in [0.1, 0.15) is 5.15 Å². The molecule has 2 rings (SSSR count). The summed E-state index contributed by atoms with van der Waals surface area (Å²) in [6.07, 6.45) is 0. The second-order valence-electron chi connectivity index (χ2n) is 5.85. The van der Waals surface area contributed by atoms with Crippen molar-refractivity contribution in [3.8, 4) is 0 Å². The molecule has 1 aliphatic heterocycles. The number of halogens is 1. The van der Waals surface area contributed by atoms with Crippen LogP contribution in [-0.4, -0.2) is 34.4 Å². The first-order chi connectivity index (χ1) is 8.22. The summed E-state index contributed by atoms with van der Waals surface area (Å²) in [5.41, 5.74) is -0.446. The Morgan fingerprint density at radius 1 is 1.33 bits per heavy atom. The van der Waals surface area contributed by atoms with Gasteiger partial charge in [0.25, 0.3) is 0 Å². The molecule has 0 amide bonds. The van der Waals surface area contributed by atoms with Crippen LogP contribution in [0.25, 0.3) is 0 Å². The first kappa shape index (κ1) is 14.1. The van der Waals surface area contributed by atoms with Crippen LogP contribution in [-0.2, 0) is 11.3 Å². The van der Waals surface area contributed by atoms with Crippen LogP contribution in [0.15, 0.2) is 0 Å². The van der Waals surface area contributed by atoms with Crippen LogP contribution in [0.3, 0.4) is 0 Å². The van der Waals surface area contributed by atoms with E-state index >= 15 is 0 Å². The summed E-state index contributed by atoms with van der Waals surface area (Å²) >= 11 is 7.43. The number of thiazole rings is 1. The number of ether oxygens (including phenoxy) is 1. The summed E-state index contributed by atoms with van der Waals surface area (Å²) in [6, 6.07) is 0. The Morgan fingerprint density at radius 3 is 2.33 bits per heavy atom. The van der Waals surface area contributed by atoms with Crippen molar-refractivity contribution < 1.29 is 9.84 Å². The molecule has 1 fully saturated rings. The standard InChI is InChI=1S/C12H19ClN2O2S/c1-11(2)6-15(7-12(3,4)17-11)10-14-9(13)8(5-16)18-10/h16H,5-7H2,1-4H3. The summed E-state index contributed by atoms with van der Waals surface area (Å²) in [7, 11) is 0. The highest BCUT2D eigenvalue weighted by Gasteiger charge is 2.39. The van der Waals surface area contributed by atoms with E-state index in [4.69, 9.17) is 16.3 Å². The van der Waals surface area contributed by atoms with Gasteiger partial charge in [0, 0.05) is 13.1 Å². The number of aromatic nitrogens is 1. The molecule has 0 unspecified atom stereocenters. The van der Waals surface area contributed by atoms with Crippen LogP contribution in [0.5, 0.6) is 0 Å². The van der Waals surface area contributed by atoms with Gasteiger partial charge in [-0.05, 0) is 27.7 Å². The van der Waals surface area contributed by atoms with E-state index in [0.29, 0.717) is 10.0 Å². The van der Waals surface area contributed by atoms with Crippen molar-refractivity contribution in [3.05, 3.63) is 10.0 Å². The summed E-state index contributed by atoms with van der Waals surface area (Å²) in [5, 5.41) is 10.4. The third-order valence-corrected chi connectivity index (χ3v) is 4.27. The Morgan fingerprint density at radius 2 is 1.89 bits per heavy atom. The number of anilines is 1. The van der Waals surface area contributed by atoms with Crippen LogP contribution in [0.1, 0.15) is 32.6 Å². The van der Waals surface area contributed by atoms with Crippen LogP contribution in [0, 0.1) is 0 Å². The van der Waals surface area contributed by atoms with E-state index in [1.165, 1.54) is 11.3 Å². The number of rotatable bonds is 2. The van der Waals surface area contributed by atoms with Crippen molar-refractivity contribution in [2.45, 2.75) is 45.5 Å². The molecular formula is C12H19ClN2O2S. The highest BCUT2D eigenvalue weighted by atomic mass is 35.5. The molecule has 4 nitrogen and oxygen atoms in total. The molecule has 102 valence electrons. The maximum absolute atomic E-state index is 9.18. The fourth-order valence-electron chi connectivity index (χ4n) is 2.48. The molecule has 0 spiro atoms. The maximum atomic E-state index is 9.18. The smallest absolute Gasteiger partial charge is 0.187 e. The van der Waals surface area contributed by atoms with Gasteiger partial charge >= 0.3 is 0 Å². The van der Waals surface area contributed by atoms with Crippen LogP contribution >= 0.6 is 22.9 Å². The van der Waals surface area contributed by atoms with Gasteiger partial charge in [0.2, 0.25) is 0 Å². The van der Waals surface area contributed by atoms with Gasteiger partial charge in [-0.2, -0.15) is 0 Å². The van der Waals surface area contributed by atoms with Gasteiger partial charge in [0.05, 0.1) is 22.7 Å². The van der Waals surface area contributed by atoms with Gasteiger partial charge in [-0.25, -0.2) is 4.98 Å². The summed E-state index contributed by atoms with van der Waals surface area (Å²) < 4.78 is 6.03. The molecule has 0 bridgehead atoms. The minimum atomic E-state index is -0.223. The van der Waals surface area contributed by atoms with Crippen LogP contribution < -0.4 is 4.90 Å². The van der Waals surface area contributed by atoms with Crippen molar-refractivity contribution in [3.63, 3.8) is 0 Å². The van der Waals surface area contributed by atoms with Crippen molar-refractivity contribution in [2.75, 3.05) is 18.0 Å². The second kappa shape index (κ2) is 4.63. The molecule has 0 aromatic carbocycles. The molecule has 1 aromatic rings. The predicted molar refractivity (Wildman–Crippen MR) is 74.5 cm³/mol. The van der Waals surface area contributed by atoms with Crippen molar-refractivity contribution >= 4 is 28.1 Å². The molecule has 1 aliphatic rings. The highest BCUT2D eigenvalue weighted by molar-refractivity contribution is 7.16. The zero-order valence-corrected chi connectivity index (χ0v) is 12.7. The lowest BCUT2D eigenvalue weighted by Gasteiger charge is -2.47. The minimum absolute atomic E-state index is 0.0619. The number of hydrogen-bond donors (Lipinski definition) is 1. The molecule has 18 heavy (non-hydrogen) atoms. The van der Waals surface area contributed by atoms with Crippen molar-refractivity contribution in [2.24, 2.45) is 0 Å². The average Bonchev–Trinajstić information content (AvgIpc) is 2.55. The first-order valence-electron chi connectivity index (χ1n) is 5.94. The van der Waals surface area contributed by atoms with E-state index in [2.05, 4.69) is 37.6 Å². The molecule has 0 radical (unpaired) electrons. The monoisotopic (exact) mass is 290 g/mol. The lowest BCUT2D eigenvalue weighted by atomic mass is 9.99. The van der Waals surface area contributed by atoms with Gasteiger partial charge in [-0.3, -0.25) is 0 Å². The van der Waals surface area contributed by atoms with Crippen molar-refractivity contribution in [1.29, 1.82) is 0 Å².